The van der Waals surface area contributed by atoms with Crippen LogP contribution < -0.4 is 10.1 Å². The maximum absolute atomic E-state index is 14.2. The van der Waals surface area contributed by atoms with Crippen LogP contribution in [0, 0.1) is 25.5 Å². The third-order valence-electron chi connectivity index (χ3n) is 5.48. The van der Waals surface area contributed by atoms with Crippen molar-refractivity contribution >= 4 is 17.6 Å². The molecule has 2 amide bonds. The van der Waals surface area contributed by atoms with Crippen LogP contribution in [0.25, 0.3) is 5.65 Å². The molecule has 1 aliphatic rings. The van der Waals surface area contributed by atoms with Gasteiger partial charge in [0.2, 0.25) is 0 Å². The summed E-state index contributed by atoms with van der Waals surface area (Å²) < 4.78 is 49.3. The summed E-state index contributed by atoms with van der Waals surface area (Å²) in [6.07, 6.45) is -1.17. The number of fused-ring (bicyclic) bond motifs is 1. The third kappa shape index (κ3) is 4.30. The summed E-state index contributed by atoms with van der Waals surface area (Å²) >= 11 is 0. The first kappa shape index (κ1) is 22.4. The molecule has 2 unspecified atom stereocenters. The zero-order valence-electron chi connectivity index (χ0n) is 17.8. The van der Waals surface area contributed by atoms with Crippen LogP contribution in [0.3, 0.4) is 0 Å². The first-order valence-corrected chi connectivity index (χ1v) is 10.1. The summed E-state index contributed by atoms with van der Waals surface area (Å²) in [6.45, 7) is 2.45. The van der Waals surface area contributed by atoms with Gasteiger partial charge in [0.15, 0.2) is 11.4 Å². The molecule has 0 spiro atoms. The van der Waals surface area contributed by atoms with E-state index in [9.17, 15) is 22.8 Å². The fraction of sp³-hybridized carbons (Fsp3) is 0.318. The normalized spacial score (nSPS) is 18.0. The number of halogens is 3. The fourth-order valence-electron chi connectivity index (χ4n) is 3.85. The molecule has 3 aromatic rings. The van der Waals surface area contributed by atoms with Crippen molar-refractivity contribution in [2.24, 2.45) is 0 Å². The van der Waals surface area contributed by atoms with E-state index in [0.29, 0.717) is 11.3 Å². The lowest BCUT2D eigenvalue weighted by Crippen LogP contribution is -2.42. The van der Waals surface area contributed by atoms with Crippen LogP contribution in [-0.2, 0) is 6.61 Å². The van der Waals surface area contributed by atoms with Crippen molar-refractivity contribution in [1.29, 1.82) is 0 Å². The van der Waals surface area contributed by atoms with Crippen molar-refractivity contribution < 1.29 is 32.6 Å². The average Bonchev–Trinajstić information content (AvgIpc) is 3.26. The number of carboxylic acid groups (broad SMARTS) is 1. The molecule has 3 heterocycles. The third-order valence-corrected chi connectivity index (χ3v) is 5.48. The highest BCUT2D eigenvalue weighted by atomic mass is 19.1. The molecule has 2 N–H and O–H groups in total. The minimum atomic E-state index is -1.54. The molecule has 0 bridgehead atoms. The molecular formula is C22H21F3N4O4. The summed E-state index contributed by atoms with van der Waals surface area (Å²) in [4.78, 5) is 29.3. The number of nitrogens with one attached hydrogen (secondary N) is 1. The Balaban J connectivity index is 1.62. The monoisotopic (exact) mass is 462 g/mol. The van der Waals surface area contributed by atoms with Gasteiger partial charge in [-0.3, -0.25) is 9.20 Å². The van der Waals surface area contributed by atoms with Gasteiger partial charge in [0.25, 0.3) is 5.91 Å². The van der Waals surface area contributed by atoms with E-state index in [4.69, 9.17) is 9.84 Å². The van der Waals surface area contributed by atoms with E-state index in [1.54, 1.807) is 26.1 Å². The molecule has 2 aromatic heterocycles. The number of alkyl halides is 1. The molecule has 1 fully saturated rings. The van der Waals surface area contributed by atoms with Crippen LogP contribution in [0.2, 0.25) is 0 Å². The summed E-state index contributed by atoms with van der Waals surface area (Å²) in [5, 5.41) is 11.6. The predicted molar refractivity (Wildman–Crippen MR) is 111 cm³/mol. The maximum Gasteiger partial charge on any atom is 0.407 e. The Morgan fingerprint density at radius 3 is 2.58 bits per heavy atom. The minimum absolute atomic E-state index is 0.122. The smallest absolute Gasteiger partial charge is 0.407 e. The molecule has 174 valence electrons. The number of aromatic nitrogens is 2. The van der Waals surface area contributed by atoms with Gasteiger partial charge in [-0.15, -0.1) is 0 Å². The highest BCUT2D eigenvalue weighted by Gasteiger charge is 2.37. The van der Waals surface area contributed by atoms with Gasteiger partial charge in [0, 0.05) is 12.7 Å². The highest BCUT2D eigenvalue weighted by molar-refractivity contribution is 5.95. The molecule has 33 heavy (non-hydrogen) atoms. The standard InChI is InChI=1S/C22H21F3N4O4/c1-11-6-18(33-10-13-14(23)4-3-5-15(13)24)20-26-12(2)19(29(20)7-11)21(30)27-17-9-28(22(31)32)8-16(17)25/h3-7,16-17H,8-10H2,1-2H3,(H,27,30)(H,31,32). The number of benzene rings is 1. The van der Waals surface area contributed by atoms with Crippen LogP contribution in [0.4, 0.5) is 18.0 Å². The lowest BCUT2D eigenvalue weighted by atomic mass is 10.2. The van der Waals surface area contributed by atoms with Crippen LogP contribution in [0.5, 0.6) is 5.75 Å². The molecule has 11 heteroatoms. The van der Waals surface area contributed by atoms with Gasteiger partial charge in [-0.1, -0.05) is 6.07 Å². The molecule has 0 radical (unpaired) electrons. The van der Waals surface area contributed by atoms with Crippen molar-refractivity contribution in [1.82, 2.24) is 19.6 Å². The van der Waals surface area contributed by atoms with Gasteiger partial charge in [-0.2, -0.15) is 0 Å². The number of imidazole rings is 1. The number of likely N-dealkylation sites (tertiary alicyclic amines) is 1. The number of ether oxygens (including phenoxy) is 1. The molecule has 0 aliphatic carbocycles. The van der Waals surface area contributed by atoms with Crippen LogP contribution in [0.15, 0.2) is 30.5 Å². The van der Waals surface area contributed by atoms with E-state index in [-0.39, 0.29) is 42.4 Å². The lowest BCUT2D eigenvalue weighted by Gasteiger charge is -2.15. The second-order valence-electron chi connectivity index (χ2n) is 7.89. The van der Waals surface area contributed by atoms with Gasteiger partial charge < -0.3 is 20.1 Å². The Bertz CT molecular complexity index is 1230. The quantitative estimate of drug-likeness (QED) is 0.607. The van der Waals surface area contributed by atoms with Gasteiger partial charge in [0.05, 0.1) is 23.8 Å². The van der Waals surface area contributed by atoms with E-state index >= 15 is 0 Å². The molecule has 1 aliphatic heterocycles. The first-order chi connectivity index (χ1) is 15.7. The van der Waals surface area contributed by atoms with E-state index in [1.165, 1.54) is 10.5 Å². The predicted octanol–water partition coefficient (Wildman–Crippen LogP) is 3.24. The van der Waals surface area contributed by atoms with E-state index in [2.05, 4.69) is 10.3 Å². The molecule has 8 nitrogen and oxygen atoms in total. The Labute approximate surface area is 186 Å². The first-order valence-electron chi connectivity index (χ1n) is 10.1. The van der Waals surface area contributed by atoms with Crippen LogP contribution in [-0.4, -0.2) is 56.7 Å². The summed E-state index contributed by atoms with van der Waals surface area (Å²) in [6, 6.07) is 4.14. The number of rotatable bonds is 5. The minimum Gasteiger partial charge on any atom is -0.485 e. The fourth-order valence-corrected chi connectivity index (χ4v) is 3.85. The van der Waals surface area contributed by atoms with Crippen LogP contribution >= 0.6 is 0 Å². The zero-order valence-corrected chi connectivity index (χ0v) is 17.8. The molecule has 4 rings (SSSR count). The zero-order chi connectivity index (χ0) is 23.9. The Morgan fingerprint density at radius 1 is 1.24 bits per heavy atom. The van der Waals surface area contributed by atoms with Crippen molar-refractivity contribution in [3.63, 3.8) is 0 Å². The molecule has 0 saturated carbocycles. The van der Waals surface area contributed by atoms with Crippen molar-refractivity contribution in [2.45, 2.75) is 32.7 Å². The van der Waals surface area contributed by atoms with Gasteiger partial charge in [-0.05, 0) is 37.6 Å². The number of hydrogen-bond donors (Lipinski definition) is 2. The number of aryl methyl sites for hydroxylation is 2. The number of pyridine rings is 1. The number of nitrogens with zero attached hydrogens (tertiary/aromatic N) is 3. The van der Waals surface area contributed by atoms with Crippen molar-refractivity contribution in [3.05, 3.63) is 64.6 Å². The number of carbonyl (C=O) groups is 2. The average molecular weight is 462 g/mol. The SMILES string of the molecule is Cc1cc(OCc2c(F)cccc2F)c2nc(C)c(C(=O)NC3CN(C(=O)O)CC3F)n2c1. The Morgan fingerprint density at radius 2 is 1.94 bits per heavy atom. The lowest BCUT2D eigenvalue weighted by molar-refractivity contribution is 0.0915. The van der Waals surface area contributed by atoms with Crippen LogP contribution in [0.1, 0.15) is 27.3 Å². The van der Waals surface area contributed by atoms with Gasteiger partial charge >= 0.3 is 6.09 Å². The summed E-state index contributed by atoms with van der Waals surface area (Å²) in [5.74, 6) is -1.91. The second kappa shape index (κ2) is 8.64. The van der Waals surface area contributed by atoms with E-state index in [0.717, 1.165) is 17.0 Å². The molecule has 1 aromatic carbocycles. The molecule has 1 saturated heterocycles. The van der Waals surface area contributed by atoms with Crippen molar-refractivity contribution in [3.8, 4) is 5.75 Å². The largest absolute Gasteiger partial charge is 0.485 e. The summed E-state index contributed by atoms with van der Waals surface area (Å²) in [5.41, 5.74) is 1.13. The molecule has 2 atom stereocenters. The highest BCUT2D eigenvalue weighted by Crippen LogP contribution is 2.26. The van der Waals surface area contributed by atoms with Gasteiger partial charge in [-0.25, -0.2) is 22.9 Å². The Hall–Kier alpha value is -3.76. The topological polar surface area (TPSA) is 96.2 Å². The second-order valence-corrected chi connectivity index (χ2v) is 7.89. The molecular weight excluding hydrogens is 441 g/mol. The summed E-state index contributed by atoms with van der Waals surface area (Å²) in [7, 11) is 0. The maximum atomic E-state index is 14.2. The number of hydrogen-bond acceptors (Lipinski definition) is 4. The van der Waals surface area contributed by atoms with Gasteiger partial charge in [0.1, 0.15) is 30.1 Å². The number of amides is 2. The number of carbonyl (C=O) groups excluding carboxylic acids is 1. The van der Waals surface area contributed by atoms with E-state index < -0.39 is 35.8 Å². The Kier molecular flexibility index (Phi) is 5.88. The van der Waals surface area contributed by atoms with Crippen molar-refractivity contribution in [2.75, 3.05) is 13.1 Å². The van der Waals surface area contributed by atoms with E-state index in [1.807, 2.05) is 0 Å².